The molecule has 1 aromatic heterocycles. The second kappa shape index (κ2) is 2.76. The first kappa shape index (κ1) is 8.10. The lowest BCUT2D eigenvalue weighted by atomic mass is 10.3. The van der Waals surface area contributed by atoms with Crippen LogP contribution in [0.25, 0.3) is 11.1 Å². The van der Waals surface area contributed by atoms with Crippen molar-refractivity contribution >= 4 is 11.1 Å². The zero-order valence-electron chi connectivity index (χ0n) is 6.30. The lowest BCUT2D eigenvalue weighted by Gasteiger charge is -1.87. The number of para-hydroxylation sites is 1. The van der Waals surface area contributed by atoms with Crippen molar-refractivity contribution in [2.45, 2.75) is 6.43 Å². The molecule has 0 atom stereocenters. The van der Waals surface area contributed by atoms with Crippen molar-refractivity contribution in [3.05, 3.63) is 29.9 Å². The Hall–Kier alpha value is -1.52. The predicted octanol–water partition coefficient (Wildman–Crippen LogP) is 2.90. The Morgan fingerprint density at radius 1 is 1.31 bits per heavy atom. The van der Waals surface area contributed by atoms with Crippen LogP contribution in [0.4, 0.5) is 13.2 Å². The minimum atomic E-state index is -2.81. The van der Waals surface area contributed by atoms with Gasteiger partial charge in [0.25, 0.3) is 5.89 Å². The molecule has 0 aliphatic carbocycles. The number of hydrogen-bond donors (Lipinski definition) is 0. The Kier molecular flexibility index (Phi) is 1.72. The minimum Gasteiger partial charge on any atom is -0.432 e. The average Bonchev–Trinajstić information content (AvgIpc) is 2.49. The van der Waals surface area contributed by atoms with Crippen LogP contribution in [0.15, 0.2) is 22.6 Å². The van der Waals surface area contributed by atoms with Crippen LogP contribution in [0.5, 0.6) is 0 Å². The summed E-state index contributed by atoms with van der Waals surface area (Å²) >= 11 is 0. The maximum Gasteiger partial charge on any atom is 0.313 e. The van der Waals surface area contributed by atoms with Gasteiger partial charge < -0.3 is 4.42 Å². The third kappa shape index (κ3) is 1.26. The SMILES string of the molecule is Fc1cccc2nc(C(F)F)oc12. The Morgan fingerprint density at radius 2 is 2.08 bits per heavy atom. The second-order valence-corrected chi connectivity index (χ2v) is 2.44. The summed E-state index contributed by atoms with van der Waals surface area (Å²) in [6, 6.07) is 3.92. The van der Waals surface area contributed by atoms with E-state index in [1.807, 2.05) is 0 Å². The Morgan fingerprint density at radius 3 is 2.69 bits per heavy atom. The first-order valence-electron chi connectivity index (χ1n) is 3.51. The zero-order valence-corrected chi connectivity index (χ0v) is 6.30. The lowest BCUT2D eigenvalue weighted by molar-refractivity contribution is 0.117. The molecule has 2 rings (SSSR count). The highest BCUT2D eigenvalue weighted by Gasteiger charge is 2.16. The minimum absolute atomic E-state index is 0.107. The van der Waals surface area contributed by atoms with Gasteiger partial charge in [0.2, 0.25) is 0 Å². The summed E-state index contributed by atoms with van der Waals surface area (Å²) in [5.41, 5.74) is -0.117. The van der Waals surface area contributed by atoms with Crippen molar-refractivity contribution in [2.24, 2.45) is 0 Å². The highest BCUT2D eigenvalue weighted by molar-refractivity contribution is 5.72. The van der Waals surface area contributed by atoms with Crippen LogP contribution in [0, 0.1) is 5.82 Å². The van der Waals surface area contributed by atoms with E-state index in [4.69, 9.17) is 0 Å². The molecule has 0 bridgehead atoms. The summed E-state index contributed by atoms with van der Waals surface area (Å²) < 4.78 is 41.5. The molecule has 0 unspecified atom stereocenters. The summed E-state index contributed by atoms with van der Waals surface area (Å²) in [7, 11) is 0. The zero-order chi connectivity index (χ0) is 9.42. The van der Waals surface area contributed by atoms with Gasteiger partial charge in [0.15, 0.2) is 11.4 Å². The summed E-state index contributed by atoms with van der Waals surface area (Å²) in [6.07, 6.45) is -2.81. The summed E-state index contributed by atoms with van der Waals surface area (Å²) in [5, 5.41) is 0. The Labute approximate surface area is 71.0 Å². The molecule has 2 aromatic rings. The van der Waals surface area contributed by atoms with E-state index in [1.54, 1.807) is 0 Å². The van der Waals surface area contributed by atoms with Gasteiger partial charge in [-0.05, 0) is 12.1 Å². The van der Waals surface area contributed by atoms with Gasteiger partial charge >= 0.3 is 6.43 Å². The molecule has 5 heteroatoms. The number of alkyl halides is 2. The van der Waals surface area contributed by atoms with E-state index in [0.29, 0.717) is 0 Å². The molecule has 0 radical (unpaired) electrons. The molecule has 0 saturated heterocycles. The van der Waals surface area contributed by atoms with Crippen molar-refractivity contribution in [2.75, 3.05) is 0 Å². The van der Waals surface area contributed by atoms with Crippen molar-refractivity contribution in [3.63, 3.8) is 0 Å². The number of nitrogens with zero attached hydrogens (tertiary/aromatic N) is 1. The molecule has 1 heterocycles. The number of oxazole rings is 1. The molecule has 0 N–H and O–H groups in total. The smallest absolute Gasteiger partial charge is 0.313 e. The highest BCUT2D eigenvalue weighted by atomic mass is 19.3. The van der Waals surface area contributed by atoms with Gasteiger partial charge in [0.1, 0.15) is 5.52 Å². The van der Waals surface area contributed by atoms with Crippen LogP contribution in [-0.2, 0) is 0 Å². The number of benzene rings is 1. The van der Waals surface area contributed by atoms with Gasteiger partial charge in [-0.2, -0.15) is 8.78 Å². The molecule has 1 aromatic carbocycles. The Bertz CT molecular complexity index is 438. The van der Waals surface area contributed by atoms with Crippen LogP contribution >= 0.6 is 0 Å². The van der Waals surface area contributed by atoms with E-state index >= 15 is 0 Å². The Balaban J connectivity index is 2.68. The average molecular weight is 187 g/mol. The fourth-order valence-corrected chi connectivity index (χ4v) is 1.03. The molecular formula is C8H4F3NO. The number of aromatic nitrogens is 1. The maximum absolute atomic E-state index is 12.9. The topological polar surface area (TPSA) is 26.0 Å². The molecule has 13 heavy (non-hydrogen) atoms. The molecule has 0 aliphatic rings. The molecular weight excluding hydrogens is 183 g/mol. The van der Waals surface area contributed by atoms with Crippen molar-refractivity contribution in [1.29, 1.82) is 0 Å². The van der Waals surface area contributed by atoms with Crippen LogP contribution in [0.3, 0.4) is 0 Å². The van der Waals surface area contributed by atoms with Gasteiger partial charge in [-0.15, -0.1) is 0 Å². The van der Waals surface area contributed by atoms with Gasteiger partial charge in [-0.1, -0.05) is 6.07 Å². The number of hydrogen-bond acceptors (Lipinski definition) is 2. The number of halogens is 3. The highest BCUT2D eigenvalue weighted by Crippen LogP contribution is 2.24. The van der Waals surface area contributed by atoms with Crippen molar-refractivity contribution < 1.29 is 17.6 Å². The van der Waals surface area contributed by atoms with Crippen LogP contribution in [0.2, 0.25) is 0 Å². The van der Waals surface area contributed by atoms with Crippen molar-refractivity contribution in [1.82, 2.24) is 4.98 Å². The number of rotatable bonds is 1. The molecule has 0 spiro atoms. The van der Waals surface area contributed by atoms with Gasteiger partial charge in [0, 0.05) is 0 Å². The fraction of sp³-hybridized carbons (Fsp3) is 0.125. The molecule has 68 valence electrons. The molecule has 0 fully saturated rings. The van der Waals surface area contributed by atoms with Crippen molar-refractivity contribution in [3.8, 4) is 0 Å². The van der Waals surface area contributed by atoms with Gasteiger partial charge in [-0.25, -0.2) is 9.37 Å². The quantitative estimate of drug-likeness (QED) is 0.685. The largest absolute Gasteiger partial charge is 0.432 e. The normalized spacial score (nSPS) is 11.4. The third-order valence-corrected chi connectivity index (χ3v) is 1.57. The van der Waals surface area contributed by atoms with E-state index in [2.05, 4.69) is 9.40 Å². The maximum atomic E-state index is 12.9. The van der Waals surface area contributed by atoms with E-state index in [0.717, 1.165) is 6.07 Å². The molecule has 0 saturated carbocycles. The number of fused-ring (bicyclic) bond motifs is 1. The van der Waals surface area contributed by atoms with Crippen LogP contribution in [-0.4, -0.2) is 4.98 Å². The summed E-state index contributed by atoms with van der Waals surface area (Å²) in [5.74, 6) is -1.43. The molecule has 2 nitrogen and oxygen atoms in total. The van der Waals surface area contributed by atoms with Crippen LogP contribution < -0.4 is 0 Å². The molecule has 0 aliphatic heterocycles. The van der Waals surface area contributed by atoms with E-state index in [-0.39, 0.29) is 11.1 Å². The van der Waals surface area contributed by atoms with Gasteiger partial charge in [-0.3, -0.25) is 0 Å². The van der Waals surface area contributed by atoms with E-state index in [1.165, 1.54) is 12.1 Å². The summed E-state index contributed by atoms with van der Waals surface area (Å²) in [4.78, 5) is 3.42. The fourth-order valence-electron chi connectivity index (χ4n) is 1.03. The second-order valence-electron chi connectivity index (χ2n) is 2.44. The monoisotopic (exact) mass is 187 g/mol. The van der Waals surface area contributed by atoms with Crippen LogP contribution in [0.1, 0.15) is 12.3 Å². The van der Waals surface area contributed by atoms with E-state index < -0.39 is 18.1 Å². The lowest BCUT2D eigenvalue weighted by Crippen LogP contribution is -1.80. The predicted molar refractivity (Wildman–Crippen MR) is 38.9 cm³/mol. The standard InChI is InChI=1S/C8H4F3NO/c9-4-2-1-3-5-6(4)13-8(12-5)7(10)11/h1-3,7H. The summed E-state index contributed by atoms with van der Waals surface area (Å²) in [6.45, 7) is 0. The third-order valence-electron chi connectivity index (χ3n) is 1.57. The van der Waals surface area contributed by atoms with Gasteiger partial charge in [0.05, 0.1) is 0 Å². The van der Waals surface area contributed by atoms with E-state index in [9.17, 15) is 13.2 Å². The first-order valence-corrected chi connectivity index (χ1v) is 3.51. The molecule has 0 amide bonds. The first-order chi connectivity index (χ1) is 6.18.